The summed E-state index contributed by atoms with van der Waals surface area (Å²) in [5.41, 5.74) is 1.78. The van der Waals surface area contributed by atoms with E-state index in [0.717, 1.165) is 21.6 Å². The maximum Gasteiger partial charge on any atom is 0.335 e. The highest BCUT2D eigenvalue weighted by molar-refractivity contribution is 6.39. The molecule has 5 rings (SSSR count). The van der Waals surface area contributed by atoms with Crippen LogP contribution in [-0.4, -0.2) is 36.1 Å². The second-order valence-corrected chi connectivity index (χ2v) is 8.12. The quantitative estimate of drug-likeness (QED) is 0.312. The van der Waals surface area contributed by atoms with Crippen molar-refractivity contribution >= 4 is 40.5 Å². The van der Waals surface area contributed by atoms with E-state index in [1.165, 1.54) is 13.2 Å². The van der Waals surface area contributed by atoms with Crippen LogP contribution in [-0.2, 0) is 16.1 Å². The van der Waals surface area contributed by atoms with Crippen LogP contribution in [0.3, 0.4) is 0 Å². The van der Waals surface area contributed by atoms with Gasteiger partial charge in [0.2, 0.25) is 0 Å². The fourth-order valence-electron chi connectivity index (χ4n) is 4.15. The Morgan fingerprint density at radius 1 is 0.889 bits per heavy atom. The van der Waals surface area contributed by atoms with Crippen LogP contribution in [0.15, 0.2) is 90.6 Å². The molecule has 0 bridgehead atoms. The van der Waals surface area contributed by atoms with E-state index in [1.54, 1.807) is 24.3 Å². The average Bonchev–Trinajstić information content (AvgIpc) is 3.24. The minimum atomic E-state index is -0.809. The summed E-state index contributed by atoms with van der Waals surface area (Å²) in [7, 11) is 1.49. The number of urea groups is 1. The van der Waals surface area contributed by atoms with Gasteiger partial charge in [-0.15, -0.1) is 0 Å². The number of hydrogen-bond donors (Lipinski definition) is 1. The Bertz CT molecular complexity index is 1490. The molecule has 1 aliphatic rings. The maximum absolute atomic E-state index is 13.3. The smallest absolute Gasteiger partial charge is 0.335 e. The van der Waals surface area contributed by atoms with E-state index in [0.29, 0.717) is 30.2 Å². The van der Waals surface area contributed by atoms with Crippen LogP contribution in [0, 0.1) is 0 Å². The molecule has 8 heteroatoms. The molecule has 0 radical (unpaired) electrons. The topological polar surface area (TPSA) is 89.9 Å². The predicted molar refractivity (Wildman–Crippen MR) is 136 cm³/mol. The number of benzene rings is 3. The van der Waals surface area contributed by atoms with Gasteiger partial charge in [0, 0.05) is 28.7 Å². The number of barbiturate groups is 1. The fourth-order valence-corrected chi connectivity index (χ4v) is 4.15. The molecule has 180 valence electrons. The first kappa shape index (κ1) is 22.9. The molecule has 1 fully saturated rings. The molecular formula is C28H23N3O5. The lowest BCUT2D eigenvalue weighted by Gasteiger charge is -2.26. The summed E-state index contributed by atoms with van der Waals surface area (Å²) in [4.78, 5) is 39.5. The standard InChI is InChI=1S/C28H23N3O5/c1-35-22-11-7-8-20(17-22)31-27(33)24(26(32)29-28(31)34)16-19-18-30(25-13-6-5-12-23(19)25)14-15-36-21-9-3-2-4-10-21/h2-13,16-18H,14-15H2,1H3,(H,29,32,34). The van der Waals surface area contributed by atoms with Crippen molar-refractivity contribution in [3.8, 4) is 11.5 Å². The average molecular weight is 482 g/mol. The Labute approximate surface area is 207 Å². The van der Waals surface area contributed by atoms with Crippen molar-refractivity contribution in [1.82, 2.24) is 9.88 Å². The number of rotatable bonds is 7. The van der Waals surface area contributed by atoms with Crippen molar-refractivity contribution in [2.24, 2.45) is 0 Å². The molecule has 0 aliphatic carbocycles. The lowest BCUT2D eigenvalue weighted by atomic mass is 10.1. The summed E-state index contributed by atoms with van der Waals surface area (Å²) in [6.45, 7) is 1.00. The molecule has 2 heterocycles. The van der Waals surface area contributed by atoms with Crippen LogP contribution in [0.2, 0.25) is 0 Å². The highest BCUT2D eigenvalue weighted by Gasteiger charge is 2.37. The van der Waals surface area contributed by atoms with Gasteiger partial charge in [-0.25, -0.2) is 9.69 Å². The predicted octanol–water partition coefficient (Wildman–Crippen LogP) is 4.40. The van der Waals surface area contributed by atoms with Gasteiger partial charge in [-0.05, 0) is 36.4 Å². The largest absolute Gasteiger partial charge is 0.497 e. The van der Waals surface area contributed by atoms with Gasteiger partial charge >= 0.3 is 6.03 Å². The Morgan fingerprint density at radius 2 is 1.64 bits per heavy atom. The molecule has 4 amide bonds. The van der Waals surface area contributed by atoms with Crippen molar-refractivity contribution in [3.05, 3.63) is 96.2 Å². The molecule has 0 unspecified atom stereocenters. The highest BCUT2D eigenvalue weighted by Crippen LogP contribution is 2.28. The third-order valence-corrected chi connectivity index (χ3v) is 5.88. The summed E-state index contributed by atoms with van der Waals surface area (Å²) >= 11 is 0. The normalized spacial score (nSPS) is 14.9. The second kappa shape index (κ2) is 9.79. The zero-order valence-electron chi connectivity index (χ0n) is 19.5. The third-order valence-electron chi connectivity index (χ3n) is 5.88. The van der Waals surface area contributed by atoms with Crippen LogP contribution in [0.1, 0.15) is 5.56 Å². The first-order valence-electron chi connectivity index (χ1n) is 11.4. The van der Waals surface area contributed by atoms with Gasteiger partial charge in [-0.3, -0.25) is 14.9 Å². The molecule has 1 aliphatic heterocycles. The molecule has 0 spiro atoms. The molecule has 1 aromatic heterocycles. The molecule has 4 aromatic rings. The SMILES string of the molecule is COc1cccc(N2C(=O)NC(=O)C(=Cc3cn(CCOc4ccccc4)c4ccccc34)C2=O)c1. The van der Waals surface area contributed by atoms with Crippen LogP contribution in [0.4, 0.5) is 10.5 Å². The minimum absolute atomic E-state index is 0.138. The van der Waals surface area contributed by atoms with Crippen LogP contribution < -0.4 is 19.7 Å². The fraction of sp³-hybridized carbons (Fsp3) is 0.107. The molecule has 3 aromatic carbocycles. The molecule has 36 heavy (non-hydrogen) atoms. The molecule has 1 N–H and O–H groups in total. The monoisotopic (exact) mass is 481 g/mol. The van der Waals surface area contributed by atoms with E-state index in [-0.39, 0.29) is 5.57 Å². The van der Waals surface area contributed by atoms with E-state index in [1.807, 2.05) is 65.4 Å². The van der Waals surface area contributed by atoms with Crippen molar-refractivity contribution in [2.75, 3.05) is 18.6 Å². The molecule has 0 atom stereocenters. The van der Waals surface area contributed by atoms with Crippen molar-refractivity contribution in [3.63, 3.8) is 0 Å². The number of hydrogen-bond acceptors (Lipinski definition) is 5. The molecular weight excluding hydrogens is 458 g/mol. The number of amides is 4. The number of para-hydroxylation sites is 2. The van der Waals surface area contributed by atoms with Crippen LogP contribution in [0.5, 0.6) is 11.5 Å². The van der Waals surface area contributed by atoms with Gasteiger partial charge in [-0.2, -0.15) is 0 Å². The van der Waals surface area contributed by atoms with Crippen molar-refractivity contribution in [1.29, 1.82) is 0 Å². The summed E-state index contributed by atoms with van der Waals surface area (Å²) in [5.74, 6) is -0.186. The van der Waals surface area contributed by atoms with E-state index >= 15 is 0 Å². The Balaban J connectivity index is 1.46. The van der Waals surface area contributed by atoms with Gasteiger partial charge in [0.1, 0.15) is 23.7 Å². The number of aromatic nitrogens is 1. The highest BCUT2D eigenvalue weighted by atomic mass is 16.5. The lowest BCUT2D eigenvalue weighted by molar-refractivity contribution is -0.122. The number of anilines is 1. The molecule has 0 saturated carbocycles. The lowest BCUT2D eigenvalue weighted by Crippen LogP contribution is -2.54. The number of imide groups is 2. The van der Waals surface area contributed by atoms with E-state index in [2.05, 4.69) is 5.32 Å². The summed E-state index contributed by atoms with van der Waals surface area (Å²) < 4.78 is 13.1. The summed E-state index contributed by atoms with van der Waals surface area (Å²) in [5, 5.41) is 3.14. The van der Waals surface area contributed by atoms with E-state index < -0.39 is 17.8 Å². The third kappa shape index (κ3) is 4.44. The first-order valence-corrected chi connectivity index (χ1v) is 11.4. The number of carbonyl (C=O) groups is 3. The number of ether oxygens (including phenoxy) is 2. The Hall–Kier alpha value is -4.85. The molecule has 1 saturated heterocycles. The zero-order valence-corrected chi connectivity index (χ0v) is 19.5. The number of carbonyl (C=O) groups excluding carboxylic acids is 3. The van der Waals surface area contributed by atoms with E-state index in [9.17, 15) is 14.4 Å². The van der Waals surface area contributed by atoms with Gasteiger partial charge < -0.3 is 14.0 Å². The second-order valence-electron chi connectivity index (χ2n) is 8.12. The maximum atomic E-state index is 13.3. The van der Waals surface area contributed by atoms with Gasteiger partial charge in [0.15, 0.2) is 0 Å². The number of fused-ring (bicyclic) bond motifs is 1. The number of methoxy groups -OCH3 is 1. The van der Waals surface area contributed by atoms with Crippen LogP contribution in [0.25, 0.3) is 17.0 Å². The first-order chi connectivity index (χ1) is 17.5. The van der Waals surface area contributed by atoms with Gasteiger partial charge in [-0.1, -0.05) is 42.5 Å². The summed E-state index contributed by atoms with van der Waals surface area (Å²) in [6, 6.07) is 23.0. The Morgan fingerprint density at radius 3 is 2.44 bits per heavy atom. The van der Waals surface area contributed by atoms with E-state index in [4.69, 9.17) is 9.47 Å². The number of nitrogens with one attached hydrogen (secondary N) is 1. The summed E-state index contributed by atoms with van der Waals surface area (Å²) in [6.07, 6.45) is 3.40. The van der Waals surface area contributed by atoms with Crippen LogP contribution >= 0.6 is 0 Å². The minimum Gasteiger partial charge on any atom is -0.497 e. The molecule has 8 nitrogen and oxygen atoms in total. The zero-order chi connectivity index (χ0) is 25.1. The van der Waals surface area contributed by atoms with Crippen molar-refractivity contribution in [2.45, 2.75) is 6.54 Å². The van der Waals surface area contributed by atoms with Crippen molar-refractivity contribution < 1.29 is 23.9 Å². The Kier molecular flexibility index (Phi) is 6.23. The number of nitrogens with zero attached hydrogens (tertiary/aromatic N) is 2. The van der Waals surface area contributed by atoms with Gasteiger partial charge in [0.05, 0.1) is 19.3 Å². The van der Waals surface area contributed by atoms with Gasteiger partial charge in [0.25, 0.3) is 11.8 Å².